The van der Waals surface area contributed by atoms with Crippen molar-refractivity contribution in [1.29, 1.82) is 0 Å². The molecule has 0 saturated heterocycles. The Hall–Kier alpha value is -1.22. The van der Waals surface area contributed by atoms with Gasteiger partial charge in [0, 0.05) is 18.2 Å². The molecular formula is C17H27NO2. The minimum absolute atomic E-state index is 0.643. The Kier molecular flexibility index (Phi) is 5.72. The van der Waals surface area contributed by atoms with Crippen LogP contribution in [0.3, 0.4) is 0 Å². The summed E-state index contributed by atoms with van der Waals surface area (Å²) in [5.41, 5.74) is 1.17. The van der Waals surface area contributed by atoms with Gasteiger partial charge in [0.2, 0.25) is 0 Å². The summed E-state index contributed by atoms with van der Waals surface area (Å²) < 4.78 is 10.9. The summed E-state index contributed by atoms with van der Waals surface area (Å²) >= 11 is 0. The zero-order valence-electron chi connectivity index (χ0n) is 12.9. The van der Waals surface area contributed by atoms with Crippen molar-refractivity contribution < 1.29 is 9.47 Å². The van der Waals surface area contributed by atoms with Crippen molar-refractivity contribution in [2.75, 3.05) is 14.2 Å². The maximum atomic E-state index is 5.50. The Morgan fingerprint density at radius 1 is 1.15 bits per heavy atom. The first-order chi connectivity index (χ1) is 9.80. The molecule has 0 heterocycles. The van der Waals surface area contributed by atoms with Crippen molar-refractivity contribution in [2.45, 2.75) is 51.6 Å². The highest BCUT2D eigenvalue weighted by Crippen LogP contribution is 2.32. The highest BCUT2D eigenvalue weighted by Gasteiger charge is 2.23. The van der Waals surface area contributed by atoms with Crippen LogP contribution in [0.1, 0.15) is 44.6 Å². The predicted molar refractivity (Wildman–Crippen MR) is 82.4 cm³/mol. The number of methoxy groups -OCH3 is 2. The molecule has 1 saturated carbocycles. The Bertz CT molecular complexity index is 419. The van der Waals surface area contributed by atoms with E-state index in [4.69, 9.17) is 9.47 Å². The Balaban J connectivity index is 2.03. The van der Waals surface area contributed by atoms with Crippen molar-refractivity contribution in [3.05, 3.63) is 23.8 Å². The van der Waals surface area contributed by atoms with Crippen molar-refractivity contribution in [3.63, 3.8) is 0 Å². The molecule has 1 fully saturated rings. The summed E-state index contributed by atoms with van der Waals surface area (Å²) in [6.45, 7) is 3.15. The van der Waals surface area contributed by atoms with E-state index in [1.165, 1.54) is 37.7 Å². The highest BCUT2D eigenvalue weighted by molar-refractivity contribution is 5.46. The molecule has 0 bridgehead atoms. The SMILES string of the molecule is CCC1CCCCC1NCc1cccc(OC)c1OC. The fourth-order valence-electron chi connectivity index (χ4n) is 3.30. The molecule has 0 amide bonds. The Morgan fingerprint density at radius 2 is 1.95 bits per heavy atom. The molecule has 112 valence electrons. The van der Waals surface area contributed by atoms with E-state index >= 15 is 0 Å². The average Bonchev–Trinajstić information content (AvgIpc) is 2.52. The van der Waals surface area contributed by atoms with Gasteiger partial charge in [0.15, 0.2) is 11.5 Å². The lowest BCUT2D eigenvalue weighted by atomic mass is 9.83. The summed E-state index contributed by atoms with van der Waals surface area (Å²) in [5, 5.41) is 3.73. The topological polar surface area (TPSA) is 30.5 Å². The van der Waals surface area contributed by atoms with E-state index < -0.39 is 0 Å². The largest absolute Gasteiger partial charge is 0.493 e. The van der Waals surface area contributed by atoms with Crippen LogP contribution in [0.5, 0.6) is 11.5 Å². The van der Waals surface area contributed by atoms with E-state index in [1.54, 1.807) is 14.2 Å². The number of para-hydroxylation sites is 1. The van der Waals surface area contributed by atoms with Gasteiger partial charge in [0.05, 0.1) is 14.2 Å². The van der Waals surface area contributed by atoms with Crippen molar-refractivity contribution in [2.24, 2.45) is 5.92 Å². The molecule has 1 N–H and O–H groups in total. The Morgan fingerprint density at radius 3 is 2.65 bits per heavy atom. The second kappa shape index (κ2) is 7.53. The van der Waals surface area contributed by atoms with Crippen LogP contribution in [0.25, 0.3) is 0 Å². The summed E-state index contributed by atoms with van der Waals surface area (Å²) in [7, 11) is 3.39. The first-order valence-corrected chi connectivity index (χ1v) is 7.73. The molecule has 2 unspecified atom stereocenters. The van der Waals surface area contributed by atoms with Gasteiger partial charge in [0.1, 0.15) is 0 Å². The van der Waals surface area contributed by atoms with Crippen LogP contribution in [0.4, 0.5) is 0 Å². The van der Waals surface area contributed by atoms with Gasteiger partial charge in [-0.25, -0.2) is 0 Å². The van der Waals surface area contributed by atoms with E-state index in [0.29, 0.717) is 6.04 Å². The second-order valence-electron chi connectivity index (χ2n) is 5.59. The number of nitrogens with one attached hydrogen (secondary N) is 1. The number of rotatable bonds is 6. The molecule has 1 aromatic carbocycles. The summed E-state index contributed by atoms with van der Waals surface area (Å²) in [6.07, 6.45) is 6.67. The lowest BCUT2D eigenvalue weighted by Crippen LogP contribution is -2.37. The van der Waals surface area contributed by atoms with Gasteiger partial charge in [-0.3, -0.25) is 0 Å². The van der Waals surface area contributed by atoms with Crippen molar-refractivity contribution >= 4 is 0 Å². The third-order valence-corrected chi connectivity index (χ3v) is 4.47. The van der Waals surface area contributed by atoms with Crippen LogP contribution in [0.15, 0.2) is 18.2 Å². The molecule has 2 rings (SSSR count). The molecule has 1 aromatic rings. The van der Waals surface area contributed by atoms with E-state index in [-0.39, 0.29) is 0 Å². The van der Waals surface area contributed by atoms with Crippen LogP contribution in [0.2, 0.25) is 0 Å². The lowest BCUT2D eigenvalue weighted by Gasteiger charge is -2.32. The van der Waals surface area contributed by atoms with Crippen LogP contribution in [-0.4, -0.2) is 20.3 Å². The van der Waals surface area contributed by atoms with E-state index in [9.17, 15) is 0 Å². The summed E-state index contributed by atoms with van der Waals surface area (Å²) in [6, 6.07) is 6.72. The molecule has 0 aliphatic heterocycles. The number of benzene rings is 1. The zero-order valence-corrected chi connectivity index (χ0v) is 12.9. The molecule has 1 aliphatic rings. The first-order valence-electron chi connectivity index (χ1n) is 7.73. The predicted octanol–water partition coefficient (Wildman–Crippen LogP) is 3.76. The minimum atomic E-state index is 0.643. The van der Waals surface area contributed by atoms with Gasteiger partial charge in [-0.2, -0.15) is 0 Å². The van der Waals surface area contributed by atoms with Gasteiger partial charge >= 0.3 is 0 Å². The second-order valence-corrected chi connectivity index (χ2v) is 5.59. The maximum absolute atomic E-state index is 5.50. The molecule has 3 nitrogen and oxygen atoms in total. The number of hydrogen-bond donors (Lipinski definition) is 1. The molecule has 0 spiro atoms. The smallest absolute Gasteiger partial charge is 0.165 e. The standard InChI is InChI=1S/C17H27NO2/c1-4-13-8-5-6-10-15(13)18-12-14-9-7-11-16(19-2)17(14)20-3/h7,9,11,13,15,18H,4-6,8,10,12H2,1-3H3. The third-order valence-electron chi connectivity index (χ3n) is 4.47. The van der Waals surface area contributed by atoms with Crippen LogP contribution < -0.4 is 14.8 Å². The van der Waals surface area contributed by atoms with Crippen molar-refractivity contribution in [3.8, 4) is 11.5 Å². The van der Waals surface area contributed by atoms with Gasteiger partial charge in [-0.1, -0.05) is 38.3 Å². The van der Waals surface area contributed by atoms with Gasteiger partial charge in [-0.15, -0.1) is 0 Å². The fraction of sp³-hybridized carbons (Fsp3) is 0.647. The van der Waals surface area contributed by atoms with Crippen molar-refractivity contribution in [1.82, 2.24) is 5.32 Å². The molecule has 0 radical (unpaired) electrons. The molecule has 2 atom stereocenters. The maximum Gasteiger partial charge on any atom is 0.165 e. The van der Waals surface area contributed by atoms with Gasteiger partial charge < -0.3 is 14.8 Å². The minimum Gasteiger partial charge on any atom is -0.493 e. The third kappa shape index (κ3) is 3.45. The molecule has 1 aliphatic carbocycles. The first kappa shape index (κ1) is 15.2. The molecule has 20 heavy (non-hydrogen) atoms. The fourth-order valence-corrected chi connectivity index (χ4v) is 3.30. The van der Waals surface area contributed by atoms with E-state index in [2.05, 4.69) is 18.3 Å². The zero-order chi connectivity index (χ0) is 14.4. The quantitative estimate of drug-likeness (QED) is 0.858. The average molecular weight is 277 g/mol. The van der Waals surface area contributed by atoms with Crippen LogP contribution in [-0.2, 0) is 6.54 Å². The molecular weight excluding hydrogens is 250 g/mol. The monoisotopic (exact) mass is 277 g/mol. The van der Waals surface area contributed by atoms with Gasteiger partial charge in [-0.05, 0) is 24.8 Å². The van der Waals surface area contributed by atoms with Gasteiger partial charge in [0.25, 0.3) is 0 Å². The molecule has 0 aromatic heterocycles. The molecule has 3 heteroatoms. The lowest BCUT2D eigenvalue weighted by molar-refractivity contribution is 0.253. The van der Waals surface area contributed by atoms with Crippen LogP contribution in [0, 0.1) is 5.92 Å². The van der Waals surface area contributed by atoms with E-state index in [0.717, 1.165) is 24.0 Å². The Labute approximate surface area is 122 Å². The number of ether oxygens (including phenoxy) is 2. The summed E-state index contributed by atoms with van der Waals surface area (Å²) in [5.74, 6) is 2.48. The summed E-state index contributed by atoms with van der Waals surface area (Å²) in [4.78, 5) is 0. The van der Waals surface area contributed by atoms with E-state index in [1.807, 2.05) is 12.1 Å². The normalized spacial score (nSPS) is 22.6. The number of hydrogen-bond acceptors (Lipinski definition) is 3. The highest BCUT2D eigenvalue weighted by atomic mass is 16.5. The van der Waals surface area contributed by atoms with Crippen LogP contribution >= 0.6 is 0 Å².